The van der Waals surface area contributed by atoms with Crippen LogP contribution in [0.4, 0.5) is 0 Å². The molecule has 4 heteroatoms. The molecule has 0 aliphatic carbocycles. The molecule has 106 valence electrons. The van der Waals surface area contributed by atoms with Gasteiger partial charge in [0.25, 0.3) is 0 Å². The van der Waals surface area contributed by atoms with E-state index >= 15 is 0 Å². The SMILES string of the molecule is CCNC1c2ccccc2OCC1SC(C)C(C)O. The highest BCUT2D eigenvalue weighted by atomic mass is 32.2. The van der Waals surface area contributed by atoms with E-state index in [1.165, 1.54) is 5.56 Å². The summed E-state index contributed by atoms with van der Waals surface area (Å²) in [5, 5.41) is 13.8. The van der Waals surface area contributed by atoms with Crippen LogP contribution in [-0.2, 0) is 0 Å². The van der Waals surface area contributed by atoms with Crippen LogP contribution < -0.4 is 10.1 Å². The first kappa shape index (κ1) is 14.7. The summed E-state index contributed by atoms with van der Waals surface area (Å²) in [7, 11) is 0. The van der Waals surface area contributed by atoms with Gasteiger partial charge < -0.3 is 15.2 Å². The van der Waals surface area contributed by atoms with Crippen LogP contribution in [0.1, 0.15) is 32.4 Å². The van der Waals surface area contributed by atoms with Crippen LogP contribution >= 0.6 is 11.8 Å². The molecule has 0 amide bonds. The van der Waals surface area contributed by atoms with Gasteiger partial charge in [0.1, 0.15) is 12.4 Å². The van der Waals surface area contributed by atoms with Crippen molar-refractivity contribution >= 4 is 11.8 Å². The van der Waals surface area contributed by atoms with Crippen molar-refractivity contribution in [3.8, 4) is 5.75 Å². The third-order valence-corrected chi connectivity index (χ3v) is 5.10. The van der Waals surface area contributed by atoms with Gasteiger partial charge in [0, 0.05) is 10.8 Å². The second-order valence-corrected chi connectivity index (χ2v) is 6.63. The summed E-state index contributed by atoms with van der Waals surface area (Å²) in [6, 6.07) is 8.51. The van der Waals surface area contributed by atoms with E-state index in [0.717, 1.165) is 12.3 Å². The van der Waals surface area contributed by atoms with E-state index in [-0.39, 0.29) is 11.4 Å². The van der Waals surface area contributed by atoms with Crippen molar-refractivity contribution in [2.75, 3.05) is 13.2 Å². The molecule has 1 aliphatic heterocycles. The van der Waals surface area contributed by atoms with E-state index in [4.69, 9.17) is 4.74 Å². The van der Waals surface area contributed by atoms with Crippen molar-refractivity contribution in [3.05, 3.63) is 29.8 Å². The Balaban J connectivity index is 2.17. The fourth-order valence-electron chi connectivity index (χ4n) is 2.31. The zero-order chi connectivity index (χ0) is 13.8. The average Bonchev–Trinajstić information content (AvgIpc) is 2.41. The van der Waals surface area contributed by atoms with Crippen LogP contribution in [0.2, 0.25) is 0 Å². The third-order valence-electron chi connectivity index (χ3n) is 3.52. The van der Waals surface area contributed by atoms with Gasteiger partial charge >= 0.3 is 0 Å². The summed E-state index contributed by atoms with van der Waals surface area (Å²) in [6.45, 7) is 7.66. The molecular weight excluding hydrogens is 258 g/mol. The molecule has 2 N–H and O–H groups in total. The monoisotopic (exact) mass is 281 g/mol. The van der Waals surface area contributed by atoms with E-state index in [1.807, 2.05) is 19.1 Å². The third kappa shape index (κ3) is 3.44. The molecule has 4 atom stereocenters. The van der Waals surface area contributed by atoms with E-state index in [2.05, 4.69) is 31.3 Å². The maximum atomic E-state index is 9.68. The van der Waals surface area contributed by atoms with Gasteiger partial charge in [0.05, 0.1) is 17.4 Å². The normalized spacial score (nSPS) is 25.3. The highest BCUT2D eigenvalue weighted by molar-refractivity contribution is 8.00. The standard InChI is InChI=1S/C15H23NO2S/c1-4-16-15-12-7-5-6-8-13(12)18-9-14(15)19-11(3)10(2)17/h5-8,10-11,14-17H,4,9H2,1-3H3. The lowest BCUT2D eigenvalue weighted by atomic mass is 10.0. The van der Waals surface area contributed by atoms with Crippen LogP contribution in [0.15, 0.2) is 24.3 Å². The van der Waals surface area contributed by atoms with E-state index in [0.29, 0.717) is 17.9 Å². The van der Waals surface area contributed by atoms with Crippen molar-refractivity contribution in [1.82, 2.24) is 5.32 Å². The molecule has 0 bridgehead atoms. The van der Waals surface area contributed by atoms with Gasteiger partial charge in [-0.15, -0.1) is 11.8 Å². The van der Waals surface area contributed by atoms with Gasteiger partial charge in [0.2, 0.25) is 0 Å². The fourth-order valence-corrected chi connectivity index (χ4v) is 3.63. The number of hydrogen-bond donors (Lipinski definition) is 2. The van der Waals surface area contributed by atoms with Gasteiger partial charge in [-0.3, -0.25) is 0 Å². The predicted octanol–water partition coefficient (Wildman–Crippen LogP) is 2.60. The number of para-hydroxylation sites is 1. The van der Waals surface area contributed by atoms with Crippen LogP contribution in [0.25, 0.3) is 0 Å². The molecule has 0 saturated carbocycles. The van der Waals surface area contributed by atoms with Crippen molar-refractivity contribution in [2.24, 2.45) is 0 Å². The molecule has 0 saturated heterocycles. The summed E-state index contributed by atoms with van der Waals surface area (Å²) in [6.07, 6.45) is -0.301. The Morgan fingerprint density at radius 3 is 2.84 bits per heavy atom. The molecule has 19 heavy (non-hydrogen) atoms. The minimum Gasteiger partial charge on any atom is -0.492 e. The summed E-state index contributed by atoms with van der Waals surface area (Å²) < 4.78 is 5.85. The molecule has 3 nitrogen and oxygen atoms in total. The topological polar surface area (TPSA) is 41.5 Å². The number of aliphatic hydroxyl groups is 1. The Labute approximate surface area is 119 Å². The maximum absolute atomic E-state index is 9.68. The molecule has 4 unspecified atom stereocenters. The molecule has 1 heterocycles. The Hall–Kier alpha value is -0.710. The summed E-state index contributed by atoms with van der Waals surface area (Å²) >= 11 is 1.80. The van der Waals surface area contributed by atoms with Gasteiger partial charge in [-0.1, -0.05) is 32.0 Å². The minimum absolute atomic E-state index is 0.208. The van der Waals surface area contributed by atoms with Crippen LogP contribution in [-0.4, -0.2) is 34.9 Å². The van der Waals surface area contributed by atoms with Gasteiger partial charge in [0.15, 0.2) is 0 Å². The van der Waals surface area contributed by atoms with E-state index < -0.39 is 0 Å². The molecule has 1 aliphatic rings. The van der Waals surface area contributed by atoms with Gasteiger partial charge in [-0.05, 0) is 19.5 Å². The van der Waals surface area contributed by atoms with Crippen molar-refractivity contribution < 1.29 is 9.84 Å². The predicted molar refractivity (Wildman–Crippen MR) is 80.9 cm³/mol. The average molecular weight is 281 g/mol. The highest BCUT2D eigenvalue weighted by Crippen LogP contribution is 2.38. The quantitative estimate of drug-likeness (QED) is 0.870. The van der Waals surface area contributed by atoms with Crippen LogP contribution in [0.3, 0.4) is 0 Å². The van der Waals surface area contributed by atoms with Crippen molar-refractivity contribution in [2.45, 2.75) is 43.4 Å². The zero-order valence-electron chi connectivity index (χ0n) is 11.8. The summed E-state index contributed by atoms with van der Waals surface area (Å²) in [5.74, 6) is 0.981. The summed E-state index contributed by atoms with van der Waals surface area (Å²) in [4.78, 5) is 0. The lowest BCUT2D eigenvalue weighted by molar-refractivity contribution is 0.195. The second kappa shape index (κ2) is 6.64. The first-order valence-corrected chi connectivity index (χ1v) is 7.86. The Morgan fingerprint density at radius 1 is 1.42 bits per heavy atom. The molecule has 2 rings (SSSR count). The number of hydrogen-bond acceptors (Lipinski definition) is 4. The number of benzene rings is 1. The lowest BCUT2D eigenvalue weighted by Gasteiger charge is -2.35. The highest BCUT2D eigenvalue weighted by Gasteiger charge is 2.32. The summed E-state index contributed by atoms with van der Waals surface area (Å²) in [5.41, 5.74) is 1.23. The van der Waals surface area contributed by atoms with Crippen LogP contribution in [0, 0.1) is 0 Å². The van der Waals surface area contributed by atoms with Crippen molar-refractivity contribution in [3.63, 3.8) is 0 Å². The molecule has 0 radical (unpaired) electrons. The first-order chi connectivity index (χ1) is 9.13. The van der Waals surface area contributed by atoms with E-state index in [9.17, 15) is 5.11 Å². The lowest BCUT2D eigenvalue weighted by Crippen LogP contribution is -2.39. The number of rotatable bonds is 5. The Kier molecular flexibility index (Phi) is 5.13. The van der Waals surface area contributed by atoms with Gasteiger partial charge in [-0.2, -0.15) is 0 Å². The molecule has 0 fully saturated rings. The molecule has 0 aromatic heterocycles. The van der Waals surface area contributed by atoms with E-state index in [1.54, 1.807) is 11.8 Å². The van der Waals surface area contributed by atoms with Gasteiger partial charge in [-0.25, -0.2) is 0 Å². The molecule has 1 aromatic carbocycles. The van der Waals surface area contributed by atoms with Crippen LogP contribution in [0.5, 0.6) is 5.75 Å². The largest absolute Gasteiger partial charge is 0.492 e. The Morgan fingerprint density at radius 2 is 2.16 bits per heavy atom. The zero-order valence-corrected chi connectivity index (χ0v) is 12.6. The maximum Gasteiger partial charge on any atom is 0.124 e. The Bertz CT molecular complexity index is 411. The number of fused-ring (bicyclic) bond motifs is 1. The van der Waals surface area contributed by atoms with Crippen molar-refractivity contribution in [1.29, 1.82) is 0 Å². The smallest absolute Gasteiger partial charge is 0.124 e. The molecule has 1 aromatic rings. The first-order valence-electron chi connectivity index (χ1n) is 6.92. The number of thioether (sulfide) groups is 1. The molecule has 0 spiro atoms. The number of nitrogens with one attached hydrogen (secondary N) is 1. The number of ether oxygens (including phenoxy) is 1. The minimum atomic E-state index is -0.301. The fraction of sp³-hybridized carbons (Fsp3) is 0.600. The second-order valence-electron chi connectivity index (χ2n) is 5.00. The molecular formula is C15H23NO2S. The number of aliphatic hydroxyl groups excluding tert-OH is 1.